The molecule has 2 atom stereocenters. The summed E-state index contributed by atoms with van der Waals surface area (Å²) in [6.45, 7) is 5.84. The third-order valence-corrected chi connectivity index (χ3v) is 2.95. The van der Waals surface area contributed by atoms with E-state index in [0.29, 0.717) is 18.6 Å². The van der Waals surface area contributed by atoms with Crippen molar-refractivity contribution in [2.45, 2.75) is 44.9 Å². The van der Waals surface area contributed by atoms with Gasteiger partial charge in [0.15, 0.2) is 11.6 Å². The number of benzene rings is 1. The van der Waals surface area contributed by atoms with Gasteiger partial charge in [0, 0.05) is 0 Å². The van der Waals surface area contributed by atoms with Crippen LogP contribution in [0.3, 0.4) is 0 Å². The molecular weight excluding hydrogens is 280 g/mol. The SMILES string of the molecule is CC(C)(C)OC(=O)N[C@H](Cc1ccc(F)c(F)c1)[C@H]1CO1. The number of carbonyl (C=O) groups excluding carboxylic acids is 1. The van der Waals surface area contributed by atoms with Gasteiger partial charge in [0.05, 0.1) is 12.6 Å². The minimum Gasteiger partial charge on any atom is -0.444 e. The summed E-state index contributed by atoms with van der Waals surface area (Å²) in [6, 6.07) is 3.36. The van der Waals surface area contributed by atoms with Crippen LogP contribution in [0.2, 0.25) is 0 Å². The van der Waals surface area contributed by atoms with Gasteiger partial charge in [0.1, 0.15) is 11.7 Å². The molecule has 1 aliphatic heterocycles. The van der Waals surface area contributed by atoms with Crippen LogP contribution in [0.4, 0.5) is 13.6 Å². The largest absolute Gasteiger partial charge is 0.444 e. The van der Waals surface area contributed by atoms with E-state index in [2.05, 4.69) is 5.32 Å². The average Bonchev–Trinajstić information content (AvgIpc) is 3.14. The Hall–Kier alpha value is -1.69. The Morgan fingerprint density at radius 1 is 1.43 bits per heavy atom. The van der Waals surface area contributed by atoms with E-state index in [1.165, 1.54) is 6.07 Å². The van der Waals surface area contributed by atoms with Crippen molar-refractivity contribution < 1.29 is 23.0 Å². The van der Waals surface area contributed by atoms with E-state index in [0.717, 1.165) is 12.1 Å². The van der Waals surface area contributed by atoms with Crippen molar-refractivity contribution >= 4 is 6.09 Å². The van der Waals surface area contributed by atoms with Gasteiger partial charge in [-0.3, -0.25) is 0 Å². The van der Waals surface area contributed by atoms with Crippen LogP contribution in [0.15, 0.2) is 18.2 Å². The van der Waals surface area contributed by atoms with Crippen LogP contribution in [0.1, 0.15) is 26.3 Å². The lowest BCUT2D eigenvalue weighted by molar-refractivity contribution is 0.0495. The van der Waals surface area contributed by atoms with Crippen LogP contribution in [-0.2, 0) is 15.9 Å². The van der Waals surface area contributed by atoms with E-state index in [-0.39, 0.29) is 12.1 Å². The quantitative estimate of drug-likeness (QED) is 0.870. The smallest absolute Gasteiger partial charge is 0.407 e. The van der Waals surface area contributed by atoms with Gasteiger partial charge in [-0.1, -0.05) is 6.07 Å². The lowest BCUT2D eigenvalue weighted by atomic mass is 10.0. The minimum absolute atomic E-state index is 0.120. The molecule has 116 valence electrons. The molecule has 0 aromatic heterocycles. The number of ether oxygens (including phenoxy) is 2. The van der Waals surface area contributed by atoms with Crippen LogP contribution in [0, 0.1) is 11.6 Å². The Bertz CT molecular complexity index is 524. The zero-order valence-corrected chi connectivity index (χ0v) is 12.3. The van der Waals surface area contributed by atoms with Crippen molar-refractivity contribution in [3.63, 3.8) is 0 Å². The Labute approximate surface area is 122 Å². The van der Waals surface area contributed by atoms with Crippen molar-refractivity contribution in [2.24, 2.45) is 0 Å². The van der Waals surface area contributed by atoms with Crippen LogP contribution in [0.5, 0.6) is 0 Å². The van der Waals surface area contributed by atoms with E-state index in [1.807, 2.05) is 0 Å². The number of alkyl carbamates (subject to hydrolysis) is 1. The topological polar surface area (TPSA) is 50.9 Å². The molecule has 6 heteroatoms. The number of hydrogen-bond donors (Lipinski definition) is 1. The average molecular weight is 299 g/mol. The Kier molecular flexibility index (Phi) is 4.46. The van der Waals surface area contributed by atoms with E-state index in [1.54, 1.807) is 20.8 Å². The van der Waals surface area contributed by atoms with E-state index >= 15 is 0 Å². The van der Waals surface area contributed by atoms with Gasteiger partial charge in [-0.25, -0.2) is 13.6 Å². The predicted octanol–water partition coefficient (Wildman–Crippen LogP) is 2.80. The molecule has 1 aliphatic rings. The second kappa shape index (κ2) is 5.97. The van der Waals surface area contributed by atoms with E-state index in [4.69, 9.17) is 9.47 Å². The highest BCUT2D eigenvalue weighted by Crippen LogP contribution is 2.20. The molecule has 1 saturated heterocycles. The summed E-state index contributed by atoms with van der Waals surface area (Å²) in [5.41, 5.74) is -0.00782. The number of hydrogen-bond acceptors (Lipinski definition) is 3. The third-order valence-electron chi connectivity index (χ3n) is 2.95. The van der Waals surface area contributed by atoms with Crippen molar-refractivity contribution in [1.82, 2.24) is 5.32 Å². The molecule has 21 heavy (non-hydrogen) atoms. The van der Waals surface area contributed by atoms with E-state index in [9.17, 15) is 13.6 Å². The second-order valence-electron chi connectivity index (χ2n) is 6.08. The normalized spacial score (nSPS) is 19.0. The summed E-state index contributed by atoms with van der Waals surface area (Å²) in [6.07, 6.45) is -0.322. The van der Waals surface area contributed by atoms with Gasteiger partial charge in [-0.15, -0.1) is 0 Å². The highest BCUT2D eigenvalue weighted by molar-refractivity contribution is 5.68. The molecule has 1 amide bonds. The fourth-order valence-corrected chi connectivity index (χ4v) is 1.94. The van der Waals surface area contributed by atoms with Gasteiger partial charge in [0.25, 0.3) is 0 Å². The van der Waals surface area contributed by atoms with Gasteiger partial charge in [-0.05, 0) is 44.9 Å². The molecule has 0 radical (unpaired) electrons. The fourth-order valence-electron chi connectivity index (χ4n) is 1.94. The van der Waals surface area contributed by atoms with Crippen LogP contribution in [0.25, 0.3) is 0 Å². The zero-order chi connectivity index (χ0) is 15.6. The van der Waals surface area contributed by atoms with Crippen molar-refractivity contribution in [1.29, 1.82) is 0 Å². The standard InChI is InChI=1S/C15H19F2NO3/c1-15(2,3)21-14(19)18-12(13-8-20-13)7-9-4-5-10(16)11(17)6-9/h4-6,12-13H,7-8H2,1-3H3,(H,18,19)/t12-,13-/m1/s1. The van der Waals surface area contributed by atoms with E-state index < -0.39 is 23.3 Å². The summed E-state index contributed by atoms with van der Waals surface area (Å²) in [5.74, 6) is -1.79. The number of rotatable bonds is 4. The monoisotopic (exact) mass is 299 g/mol. The molecule has 0 spiro atoms. The first kappa shape index (κ1) is 15.7. The first-order valence-corrected chi connectivity index (χ1v) is 6.79. The first-order chi connectivity index (χ1) is 9.74. The number of carbonyl (C=O) groups is 1. The van der Waals surface area contributed by atoms with Crippen LogP contribution < -0.4 is 5.32 Å². The molecule has 0 unspecified atom stereocenters. The molecule has 1 aromatic rings. The van der Waals surface area contributed by atoms with Crippen molar-refractivity contribution in [2.75, 3.05) is 6.61 Å². The third kappa shape index (κ3) is 4.97. The molecule has 4 nitrogen and oxygen atoms in total. The summed E-state index contributed by atoms with van der Waals surface area (Å²) >= 11 is 0. The highest BCUT2D eigenvalue weighted by Gasteiger charge is 2.35. The van der Waals surface area contributed by atoms with Gasteiger partial charge in [-0.2, -0.15) is 0 Å². The zero-order valence-electron chi connectivity index (χ0n) is 12.3. The lowest BCUT2D eigenvalue weighted by Gasteiger charge is -2.23. The maximum Gasteiger partial charge on any atom is 0.407 e. The van der Waals surface area contributed by atoms with Crippen LogP contribution >= 0.6 is 0 Å². The summed E-state index contributed by atoms with van der Waals surface area (Å²) in [4.78, 5) is 11.8. The molecular formula is C15H19F2NO3. The first-order valence-electron chi connectivity index (χ1n) is 6.79. The van der Waals surface area contributed by atoms with Gasteiger partial charge in [0.2, 0.25) is 0 Å². The molecule has 0 bridgehead atoms. The molecule has 1 heterocycles. The number of epoxide rings is 1. The summed E-state index contributed by atoms with van der Waals surface area (Å²) in [5, 5.41) is 2.72. The molecule has 1 fully saturated rings. The fraction of sp³-hybridized carbons (Fsp3) is 0.533. The van der Waals surface area contributed by atoms with Gasteiger partial charge >= 0.3 is 6.09 Å². The molecule has 2 rings (SSSR count). The van der Waals surface area contributed by atoms with Crippen LogP contribution in [-0.4, -0.2) is 30.4 Å². The number of nitrogens with one attached hydrogen (secondary N) is 1. The molecule has 0 aliphatic carbocycles. The van der Waals surface area contributed by atoms with Crippen molar-refractivity contribution in [3.8, 4) is 0 Å². The maximum atomic E-state index is 13.2. The highest BCUT2D eigenvalue weighted by atomic mass is 19.2. The Morgan fingerprint density at radius 2 is 2.10 bits per heavy atom. The maximum absolute atomic E-state index is 13.2. The molecule has 0 saturated carbocycles. The van der Waals surface area contributed by atoms with Gasteiger partial charge < -0.3 is 14.8 Å². The minimum atomic E-state index is -0.903. The number of amides is 1. The lowest BCUT2D eigenvalue weighted by Crippen LogP contribution is -2.43. The Balaban J connectivity index is 1.99. The van der Waals surface area contributed by atoms with Crippen molar-refractivity contribution in [3.05, 3.63) is 35.4 Å². The Morgan fingerprint density at radius 3 is 2.62 bits per heavy atom. The summed E-state index contributed by atoms with van der Waals surface area (Å²) < 4.78 is 36.5. The number of halogens is 2. The molecule has 1 aromatic carbocycles. The molecule has 1 N–H and O–H groups in total. The summed E-state index contributed by atoms with van der Waals surface area (Å²) in [7, 11) is 0. The predicted molar refractivity (Wildman–Crippen MR) is 73.0 cm³/mol. The second-order valence-corrected chi connectivity index (χ2v) is 6.08.